The van der Waals surface area contributed by atoms with Crippen molar-refractivity contribution in [3.05, 3.63) is 11.7 Å². The molecule has 0 fully saturated rings. The van der Waals surface area contributed by atoms with Crippen LogP contribution in [0.4, 0.5) is 0 Å². The number of rotatable bonds is 28. The van der Waals surface area contributed by atoms with E-state index < -0.39 is 0 Å². The zero-order chi connectivity index (χ0) is 25.0. The van der Waals surface area contributed by atoms with Gasteiger partial charge in [0.05, 0.1) is 13.2 Å². The number of hydrogen-bond acceptors (Lipinski definition) is 4. The highest BCUT2D eigenvalue weighted by molar-refractivity contribution is 4.95. The van der Waals surface area contributed by atoms with Crippen molar-refractivity contribution >= 4 is 0 Å². The van der Waals surface area contributed by atoms with Crippen molar-refractivity contribution in [1.82, 2.24) is 0 Å². The van der Waals surface area contributed by atoms with E-state index in [1.165, 1.54) is 109 Å². The van der Waals surface area contributed by atoms with Crippen molar-refractivity contribution in [2.24, 2.45) is 0 Å². The molecule has 0 aromatic heterocycles. The van der Waals surface area contributed by atoms with E-state index in [-0.39, 0.29) is 6.79 Å². The molecule has 0 radical (unpaired) electrons. The fourth-order valence-electron chi connectivity index (χ4n) is 4.09. The zero-order valence-electron chi connectivity index (χ0n) is 23.6. The lowest BCUT2D eigenvalue weighted by molar-refractivity contribution is -0.0692. The van der Waals surface area contributed by atoms with Crippen LogP contribution in [-0.2, 0) is 18.9 Å². The van der Waals surface area contributed by atoms with Gasteiger partial charge in [-0.25, -0.2) is 0 Å². The van der Waals surface area contributed by atoms with Gasteiger partial charge in [0.2, 0.25) is 0 Å². The molecule has 0 bridgehead atoms. The van der Waals surface area contributed by atoms with Gasteiger partial charge < -0.3 is 18.9 Å². The van der Waals surface area contributed by atoms with E-state index in [1.54, 1.807) is 7.11 Å². The van der Waals surface area contributed by atoms with Gasteiger partial charge in [-0.05, 0) is 19.3 Å². The Morgan fingerprint density at radius 1 is 0.441 bits per heavy atom. The number of methoxy groups -OCH3 is 1. The standard InChI is InChI=1S/C30H60O4/c1-5-8-11-14-16-18-20-23-26-32-29(25-22-13-10-7-3)30(34-28-31-4)33-27-24-21-19-17-15-12-9-6-2/h5-28H2,1-4H3. The minimum absolute atomic E-state index is 0.201. The minimum atomic E-state index is 0.201. The van der Waals surface area contributed by atoms with Gasteiger partial charge >= 0.3 is 5.95 Å². The molecule has 0 rings (SSSR count). The van der Waals surface area contributed by atoms with Crippen LogP contribution in [0.25, 0.3) is 0 Å². The quantitative estimate of drug-likeness (QED) is 0.0628. The van der Waals surface area contributed by atoms with E-state index in [9.17, 15) is 0 Å². The number of ether oxygens (including phenoxy) is 4. The molecule has 0 spiro atoms. The molecule has 0 heterocycles. The van der Waals surface area contributed by atoms with Crippen LogP contribution in [0.2, 0.25) is 0 Å². The summed E-state index contributed by atoms with van der Waals surface area (Å²) in [6.07, 6.45) is 26.5. The summed E-state index contributed by atoms with van der Waals surface area (Å²) in [6, 6.07) is 0. The first-order chi connectivity index (χ1) is 16.8. The third kappa shape index (κ3) is 22.9. The van der Waals surface area contributed by atoms with Crippen LogP contribution in [0.5, 0.6) is 0 Å². The summed E-state index contributed by atoms with van der Waals surface area (Å²) in [5, 5.41) is 0. The highest BCUT2D eigenvalue weighted by Gasteiger charge is 2.13. The molecule has 0 aliphatic rings. The van der Waals surface area contributed by atoms with Gasteiger partial charge in [-0.2, -0.15) is 0 Å². The van der Waals surface area contributed by atoms with Crippen LogP contribution in [0.1, 0.15) is 156 Å². The van der Waals surface area contributed by atoms with Crippen LogP contribution in [0.15, 0.2) is 11.7 Å². The first kappa shape index (κ1) is 33.1. The summed E-state index contributed by atoms with van der Waals surface area (Å²) < 4.78 is 23.3. The van der Waals surface area contributed by atoms with Gasteiger partial charge in [-0.3, -0.25) is 0 Å². The van der Waals surface area contributed by atoms with Crippen LogP contribution in [-0.4, -0.2) is 27.1 Å². The first-order valence-corrected chi connectivity index (χ1v) is 14.9. The Kier molecular flexibility index (Phi) is 27.6. The summed E-state index contributed by atoms with van der Waals surface area (Å²) in [5.74, 6) is 1.44. The van der Waals surface area contributed by atoms with Gasteiger partial charge in [0.15, 0.2) is 12.6 Å². The molecular weight excluding hydrogens is 424 g/mol. The Morgan fingerprint density at radius 3 is 1.32 bits per heavy atom. The monoisotopic (exact) mass is 484 g/mol. The molecule has 204 valence electrons. The average Bonchev–Trinajstić information content (AvgIpc) is 2.85. The molecule has 0 saturated heterocycles. The number of hydrogen-bond donors (Lipinski definition) is 0. The number of allylic oxidation sites excluding steroid dienone is 1. The normalized spacial score (nSPS) is 12.0. The molecular formula is C30H60O4. The first-order valence-electron chi connectivity index (χ1n) is 14.9. The van der Waals surface area contributed by atoms with E-state index >= 15 is 0 Å². The topological polar surface area (TPSA) is 36.9 Å². The maximum absolute atomic E-state index is 6.23. The Morgan fingerprint density at radius 2 is 0.853 bits per heavy atom. The fourth-order valence-corrected chi connectivity index (χ4v) is 4.09. The Bertz CT molecular complexity index is 422. The molecule has 0 saturated carbocycles. The average molecular weight is 485 g/mol. The SMILES string of the molecule is CCCCCCCCCCOC(CCCCCC)=C(OCCCCCCCCCC)OCOC. The lowest BCUT2D eigenvalue weighted by atomic mass is 10.1. The molecule has 0 amide bonds. The molecule has 4 nitrogen and oxygen atoms in total. The van der Waals surface area contributed by atoms with Crippen LogP contribution in [0, 0.1) is 0 Å². The lowest BCUT2D eigenvalue weighted by Crippen LogP contribution is -2.09. The Balaban J connectivity index is 4.47. The molecule has 0 aromatic rings. The molecule has 0 aromatic carbocycles. The van der Waals surface area contributed by atoms with Crippen molar-refractivity contribution in [2.75, 3.05) is 27.1 Å². The van der Waals surface area contributed by atoms with Gasteiger partial charge in [-0.1, -0.05) is 130 Å². The summed E-state index contributed by atoms with van der Waals surface area (Å²) in [7, 11) is 1.65. The van der Waals surface area contributed by atoms with Crippen LogP contribution in [0.3, 0.4) is 0 Å². The fraction of sp³-hybridized carbons (Fsp3) is 0.933. The molecule has 0 atom stereocenters. The van der Waals surface area contributed by atoms with Gasteiger partial charge in [-0.15, -0.1) is 0 Å². The second-order valence-electron chi connectivity index (χ2n) is 9.72. The van der Waals surface area contributed by atoms with Gasteiger partial charge in [0.1, 0.15) is 0 Å². The van der Waals surface area contributed by atoms with Gasteiger partial charge in [0.25, 0.3) is 0 Å². The van der Waals surface area contributed by atoms with E-state index in [0.29, 0.717) is 12.6 Å². The van der Waals surface area contributed by atoms with Crippen molar-refractivity contribution in [2.45, 2.75) is 156 Å². The largest absolute Gasteiger partial charge is 0.491 e. The minimum Gasteiger partial charge on any atom is -0.491 e. The third-order valence-corrected chi connectivity index (χ3v) is 6.30. The van der Waals surface area contributed by atoms with E-state index in [1.807, 2.05) is 0 Å². The third-order valence-electron chi connectivity index (χ3n) is 6.30. The summed E-state index contributed by atoms with van der Waals surface area (Å²) in [4.78, 5) is 0. The van der Waals surface area contributed by atoms with Crippen LogP contribution < -0.4 is 0 Å². The number of unbranched alkanes of at least 4 members (excludes halogenated alkanes) is 17. The van der Waals surface area contributed by atoms with E-state index in [2.05, 4.69) is 20.8 Å². The van der Waals surface area contributed by atoms with Crippen molar-refractivity contribution in [1.29, 1.82) is 0 Å². The van der Waals surface area contributed by atoms with Crippen molar-refractivity contribution in [3.63, 3.8) is 0 Å². The predicted octanol–water partition coefficient (Wildman–Crippen LogP) is 10.1. The van der Waals surface area contributed by atoms with Crippen LogP contribution >= 0.6 is 0 Å². The molecule has 0 aliphatic carbocycles. The highest BCUT2D eigenvalue weighted by Crippen LogP contribution is 2.20. The maximum Gasteiger partial charge on any atom is 0.321 e. The second-order valence-corrected chi connectivity index (χ2v) is 9.72. The summed E-state index contributed by atoms with van der Waals surface area (Å²) in [6.45, 7) is 8.43. The summed E-state index contributed by atoms with van der Waals surface area (Å²) >= 11 is 0. The highest BCUT2D eigenvalue weighted by atomic mass is 16.7. The maximum atomic E-state index is 6.23. The molecule has 34 heavy (non-hydrogen) atoms. The smallest absolute Gasteiger partial charge is 0.321 e. The van der Waals surface area contributed by atoms with E-state index in [0.717, 1.165) is 38.0 Å². The molecule has 4 heteroatoms. The second kappa shape index (κ2) is 28.3. The van der Waals surface area contributed by atoms with Gasteiger partial charge in [0, 0.05) is 13.5 Å². The zero-order valence-corrected chi connectivity index (χ0v) is 23.6. The Hall–Kier alpha value is -0.900. The molecule has 0 N–H and O–H groups in total. The van der Waals surface area contributed by atoms with Crippen molar-refractivity contribution in [3.8, 4) is 0 Å². The molecule has 0 aliphatic heterocycles. The van der Waals surface area contributed by atoms with E-state index in [4.69, 9.17) is 18.9 Å². The Labute approximate surface area is 213 Å². The summed E-state index contributed by atoms with van der Waals surface area (Å²) in [5.41, 5.74) is 0. The van der Waals surface area contributed by atoms with Crippen molar-refractivity contribution < 1.29 is 18.9 Å². The predicted molar refractivity (Wildman–Crippen MR) is 146 cm³/mol. The molecule has 0 unspecified atom stereocenters. The lowest BCUT2D eigenvalue weighted by Gasteiger charge is -2.17.